The first-order valence-electron chi connectivity index (χ1n) is 6.03. The van der Waals surface area contributed by atoms with Crippen LogP contribution in [0, 0.1) is 0 Å². The molecule has 0 aromatic heterocycles. The number of methoxy groups -OCH3 is 2. The standard InChI is InChI=1S/C15H16N2O3/c1-19-11-6-3-5-10(9-11)17-15(18)12-7-4-8-13(16)14(12)20-2/h3-9H,16H2,1-2H3,(H,17,18). The highest BCUT2D eigenvalue weighted by Gasteiger charge is 2.14. The number of rotatable bonds is 4. The second kappa shape index (κ2) is 5.97. The van der Waals surface area contributed by atoms with E-state index < -0.39 is 0 Å². The Morgan fingerprint density at radius 1 is 1.10 bits per heavy atom. The van der Waals surface area contributed by atoms with E-state index in [1.54, 1.807) is 49.6 Å². The molecule has 0 saturated carbocycles. The van der Waals surface area contributed by atoms with Crippen LogP contribution in [0.5, 0.6) is 11.5 Å². The van der Waals surface area contributed by atoms with Crippen molar-refractivity contribution in [3.05, 3.63) is 48.0 Å². The molecule has 2 aromatic carbocycles. The van der Waals surface area contributed by atoms with Gasteiger partial charge in [0.15, 0.2) is 5.75 Å². The summed E-state index contributed by atoms with van der Waals surface area (Å²) in [5.74, 6) is 0.748. The number of hydrogen-bond donors (Lipinski definition) is 2. The molecule has 104 valence electrons. The summed E-state index contributed by atoms with van der Waals surface area (Å²) in [6.45, 7) is 0. The fourth-order valence-corrected chi connectivity index (χ4v) is 1.86. The zero-order valence-electron chi connectivity index (χ0n) is 11.3. The molecule has 0 aliphatic heterocycles. The molecule has 0 spiro atoms. The van der Waals surface area contributed by atoms with Gasteiger partial charge >= 0.3 is 0 Å². The van der Waals surface area contributed by atoms with E-state index in [1.807, 2.05) is 0 Å². The molecule has 0 fully saturated rings. The summed E-state index contributed by atoms with van der Waals surface area (Å²) in [5, 5.41) is 2.78. The summed E-state index contributed by atoms with van der Waals surface area (Å²) in [6, 6.07) is 12.2. The fraction of sp³-hybridized carbons (Fsp3) is 0.133. The topological polar surface area (TPSA) is 73.6 Å². The molecule has 3 N–H and O–H groups in total. The van der Waals surface area contributed by atoms with Crippen molar-refractivity contribution < 1.29 is 14.3 Å². The molecule has 2 aromatic rings. The van der Waals surface area contributed by atoms with Crippen molar-refractivity contribution >= 4 is 17.3 Å². The van der Waals surface area contributed by atoms with Crippen LogP contribution < -0.4 is 20.5 Å². The minimum Gasteiger partial charge on any atom is -0.497 e. The Labute approximate surface area is 117 Å². The lowest BCUT2D eigenvalue weighted by molar-refractivity contribution is 0.102. The van der Waals surface area contributed by atoms with Gasteiger partial charge in [0, 0.05) is 11.8 Å². The average Bonchev–Trinajstić information content (AvgIpc) is 2.47. The van der Waals surface area contributed by atoms with Crippen LogP contribution in [0.25, 0.3) is 0 Å². The highest BCUT2D eigenvalue weighted by Crippen LogP contribution is 2.27. The van der Waals surface area contributed by atoms with E-state index in [1.165, 1.54) is 7.11 Å². The fourth-order valence-electron chi connectivity index (χ4n) is 1.86. The van der Waals surface area contributed by atoms with Crippen LogP contribution in [0.3, 0.4) is 0 Å². The smallest absolute Gasteiger partial charge is 0.259 e. The Balaban J connectivity index is 2.26. The van der Waals surface area contributed by atoms with Crippen molar-refractivity contribution in [3.63, 3.8) is 0 Å². The SMILES string of the molecule is COc1cccc(NC(=O)c2cccc(N)c2OC)c1. The lowest BCUT2D eigenvalue weighted by Crippen LogP contribution is -2.14. The van der Waals surface area contributed by atoms with E-state index in [0.29, 0.717) is 28.4 Å². The van der Waals surface area contributed by atoms with Crippen LogP contribution in [0.2, 0.25) is 0 Å². The van der Waals surface area contributed by atoms with Gasteiger partial charge in [-0.2, -0.15) is 0 Å². The summed E-state index contributed by atoms with van der Waals surface area (Å²) in [5.41, 5.74) is 7.23. The van der Waals surface area contributed by atoms with Crippen LogP contribution in [0.1, 0.15) is 10.4 Å². The third kappa shape index (κ3) is 2.83. The number of nitrogen functional groups attached to an aromatic ring is 1. The van der Waals surface area contributed by atoms with Gasteiger partial charge in [-0.15, -0.1) is 0 Å². The Morgan fingerprint density at radius 2 is 1.85 bits per heavy atom. The third-order valence-electron chi connectivity index (χ3n) is 2.82. The van der Waals surface area contributed by atoms with Gasteiger partial charge in [0.2, 0.25) is 0 Å². The van der Waals surface area contributed by atoms with E-state index in [9.17, 15) is 4.79 Å². The highest BCUT2D eigenvalue weighted by atomic mass is 16.5. The molecule has 0 atom stereocenters. The minimum absolute atomic E-state index is 0.289. The summed E-state index contributed by atoms with van der Waals surface area (Å²) < 4.78 is 10.3. The number of benzene rings is 2. The molecule has 0 unspecified atom stereocenters. The van der Waals surface area contributed by atoms with Crippen molar-refractivity contribution in [1.29, 1.82) is 0 Å². The zero-order chi connectivity index (χ0) is 14.5. The average molecular weight is 272 g/mol. The van der Waals surface area contributed by atoms with Gasteiger partial charge in [-0.25, -0.2) is 0 Å². The maximum atomic E-state index is 12.3. The van der Waals surface area contributed by atoms with Crippen LogP contribution in [0.15, 0.2) is 42.5 Å². The van der Waals surface area contributed by atoms with Crippen molar-refractivity contribution in [2.24, 2.45) is 0 Å². The molecular weight excluding hydrogens is 256 g/mol. The Kier molecular flexibility index (Phi) is 4.10. The predicted molar refractivity (Wildman–Crippen MR) is 78.4 cm³/mol. The zero-order valence-corrected chi connectivity index (χ0v) is 11.3. The Hall–Kier alpha value is -2.69. The summed E-state index contributed by atoms with van der Waals surface area (Å²) >= 11 is 0. The number of carbonyl (C=O) groups is 1. The van der Waals surface area contributed by atoms with E-state index in [4.69, 9.17) is 15.2 Å². The van der Waals surface area contributed by atoms with Crippen molar-refractivity contribution in [3.8, 4) is 11.5 Å². The molecule has 0 radical (unpaired) electrons. The molecule has 20 heavy (non-hydrogen) atoms. The largest absolute Gasteiger partial charge is 0.497 e. The number of hydrogen-bond acceptors (Lipinski definition) is 4. The van der Waals surface area contributed by atoms with Crippen molar-refractivity contribution in [2.45, 2.75) is 0 Å². The molecule has 1 amide bonds. The van der Waals surface area contributed by atoms with E-state index >= 15 is 0 Å². The molecule has 0 saturated heterocycles. The van der Waals surface area contributed by atoms with E-state index in [-0.39, 0.29) is 5.91 Å². The molecule has 5 nitrogen and oxygen atoms in total. The maximum absolute atomic E-state index is 12.3. The quantitative estimate of drug-likeness (QED) is 0.839. The second-order valence-electron chi connectivity index (χ2n) is 4.11. The summed E-state index contributed by atoms with van der Waals surface area (Å²) in [7, 11) is 3.05. The van der Waals surface area contributed by atoms with Gasteiger partial charge in [-0.05, 0) is 24.3 Å². The predicted octanol–water partition coefficient (Wildman–Crippen LogP) is 2.54. The maximum Gasteiger partial charge on any atom is 0.259 e. The van der Waals surface area contributed by atoms with E-state index in [2.05, 4.69) is 5.32 Å². The summed E-state index contributed by atoms with van der Waals surface area (Å²) in [4.78, 5) is 12.3. The molecular formula is C15H16N2O3. The van der Waals surface area contributed by atoms with Gasteiger partial charge < -0.3 is 20.5 Å². The van der Waals surface area contributed by atoms with Gasteiger partial charge in [0.25, 0.3) is 5.91 Å². The molecule has 0 aliphatic carbocycles. The van der Waals surface area contributed by atoms with Crippen LogP contribution >= 0.6 is 0 Å². The minimum atomic E-state index is -0.289. The normalized spacial score (nSPS) is 9.90. The number of carbonyl (C=O) groups excluding carboxylic acids is 1. The number of ether oxygens (including phenoxy) is 2. The second-order valence-corrected chi connectivity index (χ2v) is 4.11. The first kappa shape index (κ1) is 13.7. The number of amides is 1. The lowest BCUT2D eigenvalue weighted by atomic mass is 10.1. The summed E-state index contributed by atoms with van der Waals surface area (Å²) in [6.07, 6.45) is 0. The molecule has 0 bridgehead atoms. The molecule has 2 rings (SSSR count). The number of nitrogens with one attached hydrogen (secondary N) is 1. The van der Waals surface area contributed by atoms with Crippen molar-refractivity contribution in [1.82, 2.24) is 0 Å². The molecule has 5 heteroatoms. The monoisotopic (exact) mass is 272 g/mol. The highest BCUT2D eigenvalue weighted by molar-refractivity contribution is 6.07. The third-order valence-corrected chi connectivity index (χ3v) is 2.82. The first-order chi connectivity index (χ1) is 9.65. The van der Waals surface area contributed by atoms with E-state index in [0.717, 1.165) is 0 Å². The Bertz CT molecular complexity index is 626. The van der Waals surface area contributed by atoms with Crippen molar-refractivity contribution in [2.75, 3.05) is 25.3 Å². The van der Waals surface area contributed by atoms with Gasteiger partial charge in [0.1, 0.15) is 5.75 Å². The number of anilines is 2. The lowest BCUT2D eigenvalue weighted by Gasteiger charge is -2.11. The number of para-hydroxylation sites is 1. The number of nitrogens with two attached hydrogens (primary N) is 1. The van der Waals surface area contributed by atoms with Gasteiger partial charge in [-0.3, -0.25) is 4.79 Å². The van der Waals surface area contributed by atoms with Crippen LogP contribution in [-0.4, -0.2) is 20.1 Å². The van der Waals surface area contributed by atoms with Crippen LogP contribution in [-0.2, 0) is 0 Å². The Morgan fingerprint density at radius 3 is 2.55 bits per heavy atom. The van der Waals surface area contributed by atoms with Gasteiger partial charge in [-0.1, -0.05) is 12.1 Å². The van der Waals surface area contributed by atoms with Gasteiger partial charge in [0.05, 0.1) is 25.5 Å². The molecule has 0 heterocycles. The van der Waals surface area contributed by atoms with Crippen LogP contribution in [0.4, 0.5) is 11.4 Å². The first-order valence-corrected chi connectivity index (χ1v) is 6.03. The molecule has 0 aliphatic rings.